The molecule has 2 amide bonds. The number of nitrogens with one attached hydrogen (secondary N) is 2. The normalized spacial score (nSPS) is 18.0. The molecular weight excluding hydrogens is 307 g/mol. The van der Waals surface area contributed by atoms with Crippen LogP contribution in [0.2, 0.25) is 0 Å². The monoisotopic (exact) mass is 326 g/mol. The minimum atomic E-state index is -0.539. The number of amides is 2. The van der Waals surface area contributed by atoms with Crippen molar-refractivity contribution < 1.29 is 14.0 Å². The molecule has 4 nitrogen and oxygen atoms in total. The van der Waals surface area contributed by atoms with Crippen LogP contribution in [0.4, 0.5) is 4.39 Å². The largest absolute Gasteiger partial charge is 0.347 e. The van der Waals surface area contributed by atoms with Gasteiger partial charge in [0.25, 0.3) is 0 Å². The first-order chi connectivity index (χ1) is 11.6. The zero-order chi connectivity index (χ0) is 16.9. The summed E-state index contributed by atoms with van der Waals surface area (Å²) in [4.78, 5) is 23.7. The van der Waals surface area contributed by atoms with Crippen LogP contribution in [0.25, 0.3) is 0 Å². The zero-order valence-electron chi connectivity index (χ0n) is 13.2. The average molecular weight is 326 g/mol. The van der Waals surface area contributed by atoms with Crippen LogP contribution in [0.1, 0.15) is 30.0 Å². The Bertz CT molecular complexity index is 733. The van der Waals surface area contributed by atoms with Crippen molar-refractivity contribution in [2.24, 2.45) is 0 Å². The van der Waals surface area contributed by atoms with Crippen molar-refractivity contribution >= 4 is 11.8 Å². The smallest absolute Gasteiger partial charge is 0.243 e. The van der Waals surface area contributed by atoms with Crippen molar-refractivity contribution in [3.8, 4) is 0 Å². The maximum Gasteiger partial charge on any atom is 0.243 e. The number of halogens is 1. The highest BCUT2D eigenvalue weighted by Crippen LogP contribution is 2.22. The molecule has 1 aliphatic rings. The highest BCUT2D eigenvalue weighted by atomic mass is 19.1. The van der Waals surface area contributed by atoms with Crippen LogP contribution in [0.3, 0.4) is 0 Å². The lowest BCUT2D eigenvalue weighted by Crippen LogP contribution is -2.43. The van der Waals surface area contributed by atoms with E-state index in [4.69, 9.17) is 0 Å². The van der Waals surface area contributed by atoms with Crippen molar-refractivity contribution in [1.82, 2.24) is 10.6 Å². The molecule has 1 aliphatic heterocycles. The van der Waals surface area contributed by atoms with Gasteiger partial charge in [0, 0.05) is 12.0 Å². The predicted molar refractivity (Wildman–Crippen MR) is 88.6 cm³/mol. The van der Waals surface area contributed by atoms with Crippen molar-refractivity contribution in [3.63, 3.8) is 0 Å². The van der Waals surface area contributed by atoms with Gasteiger partial charge in [0.2, 0.25) is 11.8 Å². The Morgan fingerprint density at radius 2 is 1.88 bits per heavy atom. The Balaban J connectivity index is 1.80. The van der Waals surface area contributed by atoms with Crippen LogP contribution in [0.5, 0.6) is 0 Å². The van der Waals surface area contributed by atoms with E-state index in [0.717, 1.165) is 5.56 Å². The van der Waals surface area contributed by atoms with E-state index in [2.05, 4.69) is 10.6 Å². The van der Waals surface area contributed by atoms with Gasteiger partial charge in [-0.15, -0.1) is 0 Å². The van der Waals surface area contributed by atoms with Gasteiger partial charge >= 0.3 is 0 Å². The molecule has 0 unspecified atom stereocenters. The van der Waals surface area contributed by atoms with E-state index in [1.807, 2.05) is 30.3 Å². The molecule has 3 rings (SSSR count). The number of benzene rings is 2. The summed E-state index contributed by atoms with van der Waals surface area (Å²) >= 11 is 0. The molecule has 2 atom stereocenters. The first-order valence-electron chi connectivity index (χ1n) is 8.01. The van der Waals surface area contributed by atoms with Crippen molar-refractivity contribution in [3.05, 3.63) is 71.5 Å². The van der Waals surface area contributed by atoms with Crippen LogP contribution in [-0.4, -0.2) is 17.9 Å². The van der Waals surface area contributed by atoms with Gasteiger partial charge in [0.15, 0.2) is 0 Å². The van der Waals surface area contributed by atoms with Gasteiger partial charge in [-0.25, -0.2) is 4.39 Å². The highest BCUT2D eigenvalue weighted by Gasteiger charge is 2.29. The summed E-state index contributed by atoms with van der Waals surface area (Å²) in [5, 5.41) is 5.54. The highest BCUT2D eigenvalue weighted by molar-refractivity contribution is 5.91. The molecule has 1 saturated heterocycles. The summed E-state index contributed by atoms with van der Waals surface area (Å²) in [6, 6.07) is 15.0. The van der Waals surface area contributed by atoms with Gasteiger partial charge in [-0.1, -0.05) is 48.5 Å². The zero-order valence-corrected chi connectivity index (χ0v) is 13.2. The van der Waals surface area contributed by atoms with Crippen molar-refractivity contribution in [1.29, 1.82) is 0 Å². The van der Waals surface area contributed by atoms with Crippen LogP contribution in [0.15, 0.2) is 54.6 Å². The lowest BCUT2D eigenvalue weighted by atomic mass is 9.98. The molecule has 24 heavy (non-hydrogen) atoms. The van der Waals surface area contributed by atoms with Gasteiger partial charge in [-0.05, 0) is 24.5 Å². The Kier molecular flexibility index (Phi) is 4.89. The molecular formula is C19H19FN2O2. The number of hydrogen-bond donors (Lipinski definition) is 2. The Hall–Kier alpha value is -2.69. The molecule has 0 radical (unpaired) electrons. The Morgan fingerprint density at radius 1 is 1.17 bits per heavy atom. The fourth-order valence-electron chi connectivity index (χ4n) is 2.93. The average Bonchev–Trinajstić information content (AvgIpc) is 3.02. The first kappa shape index (κ1) is 16.2. The Morgan fingerprint density at radius 3 is 2.54 bits per heavy atom. The first-order valence-corrected chi connectivity index (χ1v) is 8.01. The molecule has 124 valence electrons. The van der Waals surface area contributed by atoms with Crippen molar-refractivity contribution in [2.45, 2.75) is 31.3 Å². The molecule has 0 bridgehead atoms. The van der Waals surface area contributed by atoms with Gasteiger partial charge in [-0.2, -0.15) is 0 Å². The van der Waals surface area contributed by atoms with E-state index in [0.29, 0.717) is 24.8 Å². The third kappa shape index (κ3) is 3.79. The second kappa shape index (κ2) is 7.25. The predicted octanol–water partition coefficient (Wildman–Crippen LogP) is 2.50. The minimum Gasteiger partial charge on any atom is -0.347 e. The summed E-state index contributed by atoms with van der Waals surface area (Å²) in [5.41, 5.74) is 1.44. The standard InChI is InChI=1S/C19H19FN2O2/c20-15-9-5-4-8-14(15)17(12-13-6-2-1-3-7-13)22-19(24)16-10-11-18(23)21-16/h1-9,16-17H,10-12H2,(H,21,23)(H,22,24)/t16-,17-/m1/s1. The van der Waals surface area contributed by atoms with Crippen molar-refractivity contribution in [2.75, 3.05) is 0 Å². The van der Waals surface area contributed by atoms with E-state index < -0.39 is 12.1 Å². The lowest BCUT2D eigenvalue weighted by Gasteiger charge is -2.22. The summed E-state index contributed by atoms with van der Waals surface area (Å²) < 4.78 is 14.2. The molecule has 2 aromatic carbocycles. The maximum absolute atomic E-state index is 14.2. The molecule has 0 aliphatic carbocycles. The third-order valence-corrected chi connectivity index (χ3v) is 4.19. The topological polar surface area (TPSA) is 58.2 Å². The number of rotatable bonds is 5. The molecule has 2 aromatic rings. The van der Waals surface area contributed by atoms with Gasteiger partial charge in [0.05, 0.1) is 6.04 Å². The summed E-state index contributed by atoms with van der Waals surface area (Å²) in [6.45, 7) is 0. The second-order valence-electron chi connectivity index (χ2n) is 5.93. The quantitative estimate of drug-likeness (QED) is 0.887. The summed E-state index contributed by atoms with van der Waals surface area (Å²) in [7, 11) is 0. The second-order valence-corrected chi connectivity index (χ2v) is 5.93. The molecule has 2 N–H and O–H groups in total. The third-order valence-electron chi connectivity index (χ3n) is 4.19. The Labute approximate surface area is 140 Å². The van der Waals surface area contributed by atoms with E-state index in [9.17, 15) is 14.0 Å². The van der Waals surface area contributed by atoms with E-state index in [1.54, 1.807) is 18.2 Å². The molecule has 1 heterocycles. The van der Waals surface area contributed by atoms with Crippen LogP contribution in [-0.2, 0) is 16.0 Å². The van der Waals surface area contributed by atoms with E-state index in [1.165, 1.54) is 6.07 Å². The summed E-state index contributed by atoms with van der Waals surface area (Å²) in [6.07, 6.45) is 1.30. The van der Waals surface area contributed by atoms with Gasteiger partial charge in [0.1, 0.15) is 11.9 Å². The van der Waals surface area contributed by atoms with Crippen LogP contribution in [0, 0.1) is 5.82 Å². The fraction of sp³-hybridized carbons (Fsp3) is 0.263. The van der Waals surface area contributed by atoms with E-state index >= 15 is 0 Å². The number of hydrogen-bond acceptors (Lipinski definition) is 2. The minimum absolute atomic E-state index is 0.124. The van der Waals surface area contributed by atoms with Gasteiger partial charge < -0.3 is 10.6 Å². The van der Waals surface area contributed by atoms with Crippen LogP contribution < -0.4 is 10.6 Å². The number of carbonyl (C=O) groups excluding carboxylic acids is 2. The van der Waals surface area contributed by atoms with E-state index in [-0.39, 0.29) is 17.6 Å². The lowest BCUT2D eigenvalue weighted by molar-refractivity contribution is -0.126. The SMILES string of the molecule is O=C1CC[C@H](C(=O)N[C@H](Cc2ccccc2)c2ccccc2F)N1. The van der Waals surface area contributed by atoms with Crippen LogP contribution >= 0.6 is 0 Å². The summed E-state index contributed by atoms with van der Waals surface area (Å²) in [5.74, 6) is -0.750. The van der Waals surface area contributed by atoms with Gasteiger partial charge in [-0.3, -0.25) is 9.59 Å². The number of carbonyl (C=O) groups is 2. The molecule has 0 spiro atoms. The molecule has 1 fully saturated rings. The molecule has 0 aromatic heterocycles. The molecule has 0 saturated carbocycles. The molecule has 5 heteroatoms. The maximum atomic E-state index is 14.2. The fourth-order valence-corrected chi connectivity index (χ4v) is 2.93.